The highest BCUT2D eigenvalue weighted by atomic mass is 35.5. The van der Waals surface area contributed by atoms with Gasteiger partial charge in [0.05, 0.1) is 0 Å². The van der Waals surface area contributed by atoms with Gasteiger partial charge in [-0.15, -0.1) is 12.4 Å². The number of rotatable bonds is 10. The fraction of sp³-hybridized carbons (Fsp3) is 0.588. The molecular formula is C17H29ClN2O. The zero-order valence-corrected chi connectivity index (χ0v) is 13.9. The quantitative estimate of drug-likeness (QED) is 0.660. The fourth-order valence-electron chi connectivity index (χ4n) is 2.23. The van der Waals surface area contributed by atoms with Gasteiger partial charge in [-0.3, -0.25) is 4.79 Å². The Morgan fingerprint density at radius 3 is 2.33 bits per heavy atom. The van der Waals surface area contributed by atoms with Gasteiger partial charge in [0, 0.05) is 18.7 Å². The first-order chi connectivity index (χ1) is 9.79. The molecule has 0 aliphatic rings. The van der Waals surface area contributed by atoms with Gasteiger partial charge < -0.3 is 10.6 Å². The molecule has 0 saturated carbocycles. The van der Waals surface area contributed by atoms with Gasteiger partial charge in [-0.1, -0.05) is 44.4 Å². The monoisotopic (exact) mass is 312 g/mol. The second-order valence-electron chi connectivity index (χ2n) is 5.19. The minimum absolute atomic E-state index is 0. The number of nitrogens with two attached hydrogens (primary N) is 1. The van der Waals surface area contributed by atoms with Crippen molar-refractivity contribution in [2.24, 2.45) is 5.73 Å². The average molecular weight is 313 g/mol. The van der Waals surface area contributed by atoms with Gasteiger partial charge in [0.2, 0.25) is 5.91 Å². The number of hydrogen-bond donors (Lipinski definition) is 1. The molecular weight excluding hydrogens is 284 g/mol. The molecule has 0 spiro atoms. The van der Waals surface area contributed by atoms with E-state index in [1.165, 1.54) is 0 Å². The highest BCUT2D eigenvalue weighted by molar-refractivity contribution is 5.93. The van der Waals surface area contributed by atoms with Crippen molar-refractivity contribution in [3.63, 3.8) is 0 Å². The van der Waals surface area contributed by atoms with Gasteiger partial charge in [-0.05, 0) is 37.9 Å². The molecule has 120 valence electrons. The zero-order chi connectivity index (χ0) is 14.6. The molecule has 0 radical (unpaired) electrons. The van der Waals surface area contributed by atoms with Crippen LogP contribution in [0.25, 0.3) is 0 Å². The van der Waals surface area contributed by atoms with Crippen LogP contribution in [0.2, 0.25) is 0 Å². The van der Waals surface area contributed by atoms with Crippen LogP contribution < -0.4 is 10.6 Å². The lowest BCUT2D eigenvalue weighted by Crippen LogP contribution is -2.31. The maximum absolute atomic E-state index is 12.4. The van der Waals surface area contributed by atoms with Crippen molar-refractivity contribution in [3.05, 3.63) is 30.3 Å². The lowest BCUT2D eigenvalue weighted by atomic mass is 10.1. The molecule has 1 amide bonds. The number of carbonyl (C=O) groups excluding carboxylic acids is 1. The molecule has 1 rings (SSSR count). The molecule has 0 bridgehead atoms. The third-order valence-corrected chi connectivity index (χ3v) is 3.45. The van der Waals surface area contributed by atoms with E-state index in [4.69, 9.17) is 5.73 Å². The predicted molar refractivity (Wildman–Crippen MR) is 93.1 cm³/mol. The Morgan fingerprint density at radius 1 is 1.05 bits per heavy atom. The van der Waals surface area contributed by atoms with Crippen LogP contribution in [0.3, 0.4) is 0 Å². The molecule has 0 saturated heterocycles. The first kappa shape index (κ1) is 19.9. The molecule has 0 atom stereocenters. The predicted octanol–water partition coefficient (Wildman–Crippen LogP) is 4.15. The molecule has 0 aliphatic heterocycles. The van der Waals surface area contributed by atoms with Crippen LogP contribution in [0.4, 0.5) is 5.69 Å². The number of carbonyl (C=O) groups is 1. The van der Waals surface area contributed by atoms with E-state index in [0.29, 0.717) is 6.42 Å². The summed E-state index contributed by atoms with van der Waals surface area (Å²) in [4.78, 5) is 14.3. The standard InChI is InChI=1S/C17H28N2O.ClH/c1-2-3-15-19(16-11-7-6-8-12-16)17(20)13-9-4-5-10-14-18;/h6-8,11-12H,2-5,9-10,13-15,18H2,1H3;1H. The minimum Gasteiger partial charge on any atom is -0.330 e. The van der Waals surface area contributed by atoms with Gasteiger partial charge in [0.15, 0.2) is 0 Å². The summed E-state index contributed by atoms with van der Waals surface area (Å²) in [6.45, 7) is 3.73. The smallest absolute Gasteiger partial charge is 0.226 e. The molecule has 4 heteroatoms. The molecule has 21 heavy (non-hydrogen) atoms. The molecule has 0 fully saturated rings. The molecule has 1 aromatic carbocycles. The number of benzene rings is 1. The number of halogens is 1. The van der Waals surface area contributed by atoms with Crippen LogP contribution in [0, 0.1) is 0 Å². The van der Waals surface area contributed by atoms with Crippen LogP contribution in [0.1, 0.15) is 51.9 Å². The largest absolute Gasteiger partial charge is 0.330 e. The van der Waals surface area contributed by atoms with Crippen LogP contribution in [-0.2, 0) is 4.79 Å². The summed E-state index contributed by atoms with van der Waals surface area (Å²) in [5.74, 6) is 0.248. The van der Waals surface area contributed by atoms with E-state index in [1.807, 2.05) is 35.2 Å². The minimum atomic E-state index is 0. The molecule has 0 aromatic heterocycles. The van der Waals surface area contributed by atoms with E-state index < -0.39 is 0 Å². The summed E-state index contributed by atoms with van der Waals surface area (Å²) < 4.78 is 0. The van der Waals surface area contributed by atoms with Gasteiger partial charge in [-0.25, -0.2) is 0 Å². The molecule has 2 N–H and O–H groups in total. The van der Waals surface area contributed by atoms with Crippen molar-refractivity contribution in [2.45, 2.75) is 51.9 Å². The Kier molecular flexibility index (Phi) is 12.0. The van der Waals surface area contributed by atoms with Crippen molar-refractivity contribution in [1.82, 2.24) is 0 Å². The number of hydrogen-bond acceptors (Lipinski definition) is 2. The van der Waals surface area contributed by atoms with Crippen LogP contribution in [0.5, 0.6) is 0 Å². The van der Waals surface area contributed by atoms with Crippen molar-refractivity contribution >= 4 is 24.0 Å². The Bertz CT molecular complexity index is 370. The summed E-state index contributed by atoms with van der Waals surface area (Å²) in [6.07, 6.45) is 7.05. The summed E-state index contributed by atoms with van der Waals surface area (Å²) in [7, 11) is 0. The zero-order valence-electron chi connectivity index (χ0n) is 13.1. The maximum Gasteiger partial charge on any atom is 0.226 e. The van der Waals surface area contributed by atoms with E-state index in [0.717, 1.165) is 57.3 Å². The summed E-state index contributed by atoms with van der Waals surface area (Å²) in [6, 6.07) is 9.99. The topological polar surface area (TPSA) is 46.3 Å². The number of para-hydroxylation sites is 1. The molecule has 0 heterocycles. The van der Waals surface area contributed by atoms with E-state index in [2.05, 4.69) is 6.92 Å². The van der Waals surface area contributed by atoms with Gasteiger partial charge >= 0.3 is 0 Å². The van der Waals surface area contributed by atoms with Gasteiger partial charge in [0.25, 0.3) is 0 Å². The van der Waals surface area contributed by atoms with E-state index in [-0.39, 0.29) is 18.3 Å². The molecule has 0 unspecified atom stereocenters. The van der Waals surface area contributed by atoms with Crippen molar-refractivity contribution in [2.75, 3.05) is 18.0 Å². The fourth-order valence-corrected chi connectivity index (χ4v) is 2.23. The van der Waals surface area contributed by atoms with E-state index in [1.54, 1.807) is 0 Å². The van der Waals surface area contributed by atoms with Crippen molar-refractivity contribution in [1.29, 1.82) is 0 Å². The number of nitrogens with zero attached hydrogens (tertiary/aromatic N) is 1. The third-order valence-electron chi connectivity index (χ3n) is 3.45. The van der Waals surface area contributed by atoms with Crippen LogP contribution in [-0.4, -0.2) is 19.0 Å². The maximum atomic E-state index is 12.4. The summed E-state index contributed by atoms with van der Waals surface area (Å²) in [5, 5.41) is 0. The first-order valence-corrected chi connectivity index (χ1v) is 7.85. The number of unbranched alkanes of at least 4 members (excludes halogenated alkanes) is 4. The Balaban J connectivity index is 0.00000400. The molecule has 0 aliphatic carbocycles. The van der Waals surface area contributed by atoms with Crippen LogP contribution >= 0.6 is 12.4 Å². The Labute approximate surface area is 135 Å². The second-order valence-corrected chi connectivity index (χ2v) is 5.19. The molecule has 1 aromatic rings. The highest BCUT2D eigenvalue weighted by Gasteiger charge is 2.14. The summed E-state index contributed by atoms with van der Waals surface area (Å²) >= 11 is 0. The number of amides is 1. The Hall–Kier alpha value is -1.06. The highest BCUT2D eigenvalue weighted by Crippen LogP contribution is 2.16. The lowest BCUT2D eigenvalue weighted by Gasteiger charge is -2.22. The van der Waals surface area contributed by atoms with Crippen LogP contribution in [0.15, 0.2) is 30.3 Å². The SMILES string of the molecule is CCCCN(C(=O)CCCCCCN)c1ccccc1.Cl. The second kappa shape index (κ2) is 12.7. The third kappa shape index (κ3) is 8.08. The van der Waals surface area contributed by atoms with Gasteiger partial charge in [-0.2, -0.15) is 0 Å². The summed E-state index contributed by atoms with van der Waals surface area (Å²) in [5.41, 5.74) is 6.50. The Morgan fingerprint density at radius 2 is 1.71 bits per heavy atom. The van der Waals surface area contributed by atoms with Gasteiger partial charge in [0.1, 0.15) is 0 Å². The van der Waals surface area contributed by atoms with E-state index in [9.17, 15) is 4.79 Å². The lowest BCUT2D eigenvalue weighted by molar-refractivity contribution is -0.118. The average Bonchev–Trinajstić information content (AvgIpc) is 2.48. The normalized spacial score (nSPS) is 10.0. The number of anilines is 1. The van der Waals surface area contributed by atoms with Crippen molar-refractivity contribution < 1.29 is 4.79 Å². The molecule has 3 nitrogen and oxygen atoms in total. The van der Waals surface area contributed by atoms with E-state index >= 15 is 0 Å². The first-order valence-electron chi connectivity index (χ1n) is 7.85. The van der Waals surface area contributed by atoms with Crippen molar-refractivity contribution in [3.8, 4) is 0 Å².